The Morgan fingerprint density at radius 2 is 1.67 bits per heavy atom. The topological polar surface area (TPSA) is 238 Å². The van der Waals surface area contributed by atoms with Crippen molar-refractivity contribution in [3.8, 4) is 0 Å². The number of alkyl carbamates (subject to hydrolysis) is 1. The molecule has 16 nitrogen and oxygen atoms in total. The Morgan fingerprint density at radius 1 is 1.00 bits per heavy atom. The van der Waals surface area contributed by atoms with Crippen molar-refractivity contribution < 1.29 is 59.5 Å². The van der Waals surface area contributed by atoms with Crippen molar-refractivity contribution in [2.24, 2.45) is 0 Å². The van der Waals surface area contributed by atoms with Gasteiger partial charge in [-0.15, -0.1) is 5.10 Å². The van der Waals surface area contributed by atoms with Crippen molar-refractivity contribution in [1.29, 1.82) is 0 Å². The van der Waals surface area contributed by atoms with Gasteiger partial charge in [-0.1, -0.05) is 5.21 Å². The van der Waals surface area contributed by atoms with Crippen LogP contribution in [0.15, 0.2) is 6.20 Å². The highest BCUT2D eigenvalue weighted by atomic mass is 16.7. The first-order valence-corrected chi connectivity index (χ1v) is 11.3. The number of ether oxygens (including phenoxy) is 4. The molecular formula is C20H34N4O12. The van der Waals surface area contributed by atoms with Gasteiger partial charge in [0.1, 0.15) is 60.1 Å². The van der Waals surface area contributed by atoms with Crippen molar-refractivity contribution >= 4 is 6.09 Å². The van der Waals surface area contributed by atoms with Gasteiger partial charge in [0.05, 0.1) is 26.0 Å². The monoisotopic (exact) mass is 522 g/mol. The molecular weight excluding hydrogens is 488 g/mol. The lowest BCUT2D eigenvalue weighted by molar-refractivity contribution is -0.347. The quantitative estimate of drug-likeness (QED) is 0.171. The van der Waals surface area contributed by atoms with Gasteiger partial charge >= 0.3 is 6.09 Å². The van der Waals surface area contributed by atoms with Crippen molar-refractivity contribution in [1.82, 2.24) is 20.3 Å². The van der Waals surface area contributed by atoms with Crippen LogP contribution in [0.25, 0.3) is 0 Å². The molecule has 0 aromatic carbocycles. The summed E-state index contributed by atoms with van der Waals surface area (Å²) in [4.78, 5) is 11.8. The lowest BCUT2D eigenvalue weighted by Crippen LogP contribution is -2.63. The Hall–Kier alpha value is -1.99. The number of nitrogens with zero attached hydrogens (tertiary/aromatic N) is 3. The van der Waals surface area contributed by atoms with E-state index in [9.17, 15) is 40.5 Å². The van der Waals surface area contributed by atoms with Gasteiger partial charge in [0.25, 0.3) is 0 Å². The average molecular weight is 523 g/mol. The van der Waals surface area contributed by atoms with Gasteiger partial charge in [0.2, 0.25) is 0 Å². The maximum Gasteiger partial charge on any atom is 0.407 e. The number of hydrogen-bond acceptors (Lipinski definition) is 14. The van der Waals surface area contributed by atoms with E-state index in [1.165, 1.54) is 6.20 Å². The molecule has 0 bridgehead atoms. The van der Waals surface area contributed by atoms with Gasteiger partial charge in [-0.05, 0) is 20.8 Å². The number of carbonyl (C=O) groups is 1. The fourth-order valence-electron chi connectivity index (χ4n) is 3.78. The number of nitrogens with one attached hydrogen (secondary N) is 1. The molecule has 2 fully saturated rings. The van der Waals surface area contributed by atoms with Crippen molar-refractivity contribution in [2.45, 2.75) is 94.3 Å². The van der Waals surface area contributed by atoms with E-state index in [2.05, 4.69) is 15.6 Å². The zero-order chi connectivity index (χ0) is 26.8. The highest BCUT2D eigenvalue weighted by Crippen LogP contribution is 2.32. The van der Waals surface area contributed by atoms with Crippen LogP contribution in [0.5, 0.6) is 0 Å². The van der Waals surface area contributed by atoms with E-state index in [1.807, 2.05) is 0 Å². The fourth-order valence-corrected chi connectivity index (χ4v) is 3.78. The Morgan fingerprint density at radius 3 is 2.28 bits per heavy atom. The maximum atomic E-state index is 11.8. The van der Waals surface area contributed by atoms with Crippen LogP contribution in [-0.2, 0) is 25.5 Å². The molecule has 3 rings (SSSR count). The molecule has 0 radical (unpaired) electrons. The number of aliphatic hydroxyl groups is 7. The maximum absolute atomic E-state index is 11.8. The fraction of sp³-hybridized carbons (Fsp3) is 0.850. The minimum absolute atomic E-state index is 0.0491. The number of aromatic nitrogens is 3. The van der Waals surface area contributed by atoms with E-state index < -0.39 is 86.3 Å². The summed E-state index contributed by atoms with van der Waals surface area (Å²) < 4.78 is 22.7. The zero-order valence-corrected chi connectivity index (χ0v) is 20.0. The molecule has 3 heterocycles. The molecule has 1 unspecified atom stereocenters. The van der Waals surface area contributed by atoms with E-state index in [-0.39, 0.29) is 12.2 Å². The smallest absolute Gasteiger partial charge is 0.407 e. The highest BCUT2D eigenvalue weighted by molar-refractivity contribution is 5.67. The molecule has 8 N–H and O–H groups in total. The first-order chi connectivity index (χ1) is 16.9. The third-order valence-electron chi connectivity index (χ3n) is 5.61. The van der Waals surface area contributed by atoms with E-state index in [1.54, 1.807) is 20.8 Å². The van der Waals surface area contributed by atoms with E-state index in [0.717, 1.165) is 4.68 Å². The summed E-state index contributed by atoms with van der Waals surface area (Å²) >= 11 is 0. The Labute approximate surface area is 206 Å². The summed E-state index contributed by atoms with van der Waals surface area (Å²) in [6.07, 6.45) is -14.7. The normalized spacial score (nSPS) is 37.5. The number of rotatable bonds is 7. The number of amides is 1. The highest BCUT2D eigenvalue weighted by Gasteiger charge is 2.51. The molecule has 10 atom stereocenters. The first-order valence-electron chi connectivity index (χ1n) is 11.3. The molecule has 0 saturated carbocycles. The second-order valence-electron chi connectivity index (χ2n) is 9.57. The second kappa shape index (κ2) is 11.6. The predicted molar refractivity (Wildman–Crippen MR) is 115 cm³/mol. The lowest BCUT2D eigenvalue weighted by Gasteiger charge is -2.45. The van der Waals surface area contributed by atoms with Gasteiger partial charge in [0.15, 0.2) is 12.5 Å². The van der Waals surface area contributed by atoms with Crippen LogP contribution in [0.3, 0.4) is 0 Å². The molecule has 1 aromatic heterocycles. The van der Waals surface area contributed by atoms with E-state index in [0.29, 0.717) is 0 Å². The van der Waals surface area contributed by atoms with E-state index >= 15 is 0 Å². The predicted octanol–water partition coefficient (Wildman–Crippen LogP) is -3.90. The summed E-state index contributed by atoms with van der Waals surface area (Å²) in [6, 6.07) is 0. The van der Waals surface area contributed by atoms with Gasteiger partial charge in [-0.25, -0.2) is 9.48 Å². The van der Waals surface area contributed by atoms with Crippen LogP contribution in [-0.4, -0.2) is 131 Å². The minimum Gasteiger partial charge on any atom is -0.444 e. The third-order valence-corrected chi connectivity index (χ3v) is 5.61. The van der Waals surface area contributed by atoms with Crippen LogP contribution in [0, 0.1) is 0 Å². The van der Waals surface area contributed by atoms with Crippen molar-refractivity contribution in [3.63, 3.8) is 0 Å². The van der Waals surface area contributed by atoms with E-state index in [4.69, 9.17) is 18.9 Å². The lowest BCUT2D eigenvalue weighted by atomic mass is 9.96. The summed E-state index contributed by atoms with van der Waals surface area (Å²) in [7, 11) is 0. The molecule has 206 valence electrons. The third kappa shape index (κ3) is 6.46. The van der Waals surface area contributed by atoms with Crippen LogP contribution in [0.1, 0.15) is 32.7 Å². The minimum atomic E-state index is -1.76. The van der Waals surface area contributed by atoms with Crippen LogP contribution in [0.2, 0.25) is 0 Å². The van der Waals surface area contributed by atoms with Gasteiger partial charge in [-0.3, -0.25) is 0 Å². The average Bonchev–Trinajstić information content (AvgIpc) is 3.28. The number of carbonyl (C=O) groups excluding carboxylic acids is 1. The molecule has 0 spiro atoms. The molecule has 2 aliphatic heterocycles. The second-order valence-corrected chi connectivity index (χ2v) is 9.57. The summed E-state index contributed by atoms with van der Waals surface area (Å²) in [5.41, 5.74) is -0.405. The van der Waals surface area contributed by atoms with Gasteiger partial charge in [-0.2, -0.15) is 0 Å². The zero-order valence-electron chi connectivity index (χ0n) is 20.0. The van der Waals surface area contributed by atoms with Crippen molar-refractivity contribution in [2.75, 3.05) is 13.2 Å². The van der Waals surface area contributed by atoms with Crippen LogP contribution in [0.4, 0.5) is 4.79 Å². The molecule has 2 aliphatic rings. The summed E-state index contributed by atoms with van der Waals surface area (Å²) in [5, 5.41) is 80.8. The molecule has 16 heteroatoms. The molecule has 2 saturated heterocycles. The molecule has 1 aromatic rings. The largest absolute Gasteiger partial charge is 0.444 e. The van der Waals surface area contributed by atoms with Crippen LogP contribution < -0.4 is 5.32 Å². The van der Waals surface area contributed by atoms with Gasteiger partial charge in [0, 0.05) is 0 Å². The molecule has 0 aliphatic carbocycles. The Balaban J connectivity index is 1.66. The molecule has 36 heavy (non-hydrogen) atoms. The first kappa shape index (κ1) is 28.6. The Kier molecular flexibility index (Phi) is 9.20. The Bertz CT molecular complexity index is 862. The summed E-state index contributed by atoms with van der Waals surface area (Å²) in [6.45, 7) is 3.70. The SMILES string of the molecule is CC(C)(C)OC(=O)NCc1cn([C@@H]2O[C@H](CO)[C@@H](O[C@@H]3O[C@H](CO)[C@H](O)[C@H](O)C3O)[C@H](O)[C@H]2O)nn1. The van der Waals surface area contributed by atoms with Crippen LogP contribution >= 0.6 is 0 Å². The van der Waals surface area contributed by atoms with Crippen molar-refractivity contribution in [3.05, 3.63) is 11.9 Å². The number of aliphatic hydroxyl groups excluding tert-OH is 7. The standard InChI is InChI=1S/C20H34N4O12/c1-20(2,3)36-19(32)21-4-8-5-24(23-22-8)17-14(30)13(29)16(10(7-26)33-17)35-18-15(31)12(28)11(27)9(6-25)34-18/h5,9-18,25-31H,4,6-7H2,1-3H3,(H,21,32)/t9-,10-,11+,12+,13-,14-,15?,16-,17-,18+/m1/s1. The summed E-state index contributed by atoms with van der Waals surface area (Å²) in [5.74, 6) is 0. The van der Waals surface area contributed by atoms with Gasteiger partial charge < -0.3 is 60.0 Å². The molecule has 1 amide bonds. The number of hydrogen-bond donors (Lipinski definition) is 8.